The highest BCUT2D eigenvalue weighted by molar-refractivity contribution is 5.98. The topological polar surface area (TPSA) is 78.8 Å². The van der Waals surface area contributed by atoms with Gasteiger partial charge in [0.05, 0.1) is 24.3 Å². The maximum Gasteiger partial charge on any atom is 0.255 e. The normalized spacial score (nSPS) is 12.9. The third-order valence-corrected chi connectivity index (χ3v) is 2.94. The summed E-state index contributed by atoms with van der Waals surface area (Å²) in [7, 11) is 1.41. The van der Waals surface area contributed by atoms with Crippen LogP contribution in [0.15, 0.2) is 18.2 Å². The fraction of sp³-hybridized carbons (Fsp3) is 0.462. The Morgan fingerprint density at radius 3 is 2.56 bits per heavy atom. The molecule has 0 radical (unpaired) electrons. The van der Waals surface area contributed by atoms with Gasteiger partial charge in [-0.25, -0.2) is 0 Å². The van der Waals surface area contributed by atoms with Crippen molar-refractivity contribution in [3.05, 3.63) is 23.8 Å². The van der Waals surface area contributed by atoms with E-state index in [1.165, 1.54) is 13.2 Å². The van der Waals surface area contributed by atoms with Crippen LogP contribution >= 0.6 is 0 Å². The number of phenolic OH excluding ortho intramolecular Hbond substituents is 1. The van der Waals surface area contributed by atoms with Crippen molar-refractivity contribution >= 4 is 5.91 Å². The summed E-state index contributed by atoms with van der Waals surface area (Å²) in [5, 5.41) is 22.1. The molecule has 5 nitrogen and oxygen atoms in total. The minimum absolute atomic E-state index is 0.114. The Morgan fingerprint density at radius 1 is 1.44 bits per heavy atom. The molecule has 0 bridgehead atoms. The lowest BCUT2D eigenvalue weighted by Crippen LogP contribution is -2.50. The summed E-state index contributed by atoms with van der Waals surface area (Å²) in [5.74, 6) is -0.436. The zero-order valence-electron chi connectivity index (χ0n) is 11.0. The quantitative estimate of drug-likeness (QED) is 0.755. The molecule has 1 aromatic rings. The second-order valence-corrected chi connectivity index (χ2v) is 4.71. The van der Waals surface area contributed by atoms with E-state index in [-0.39, 0.29) is 17.1 Å². The number of carbonyl (C=O) groups is 1. The lowest BCUT2D eigenvalue weighted by atomic mass is 9.98. The SMILES string of the molecule is COc1cccc(C(=O)NC(C)(C)C(C)O)c1O. The molecule has 0 aliphatic carbocycles. The molecule has 0 aliphatic rings. The van der Waals surface area contributed by atoms with Crippen LogP contribution in [-0.4, -0.2) is 34.9 Å². The van der Waals surface area contributed by atoms with Gasteiger partial charge in [-0.05, 0) is 32.9 Å². The molecule has 5 heteroatoms. The van der Waals surface area contributed by atoms with E-state index in [1.807, 2.05) is 0 Å². The Balaban J connectivity index is 2.99. The number of methoxy groups -OCH3 is 1. The van der Waals surface area contributed by atoms with Crippen molar-refractivity contribution in [2.45, 2.75) is 32.4 Å². The number of ether oxygens (including phenoxy) is 1. The van der Waals surface area contributed by atoms with Crippen LogP contribution in [0.25, 0.3) is 0 Å². The predicted octanol–water partition coefficient (Wildman–Crippen LogP) is 1.29. The van der Waals surface area contributed by atoms with E-state index in [9.17, 15) is 15.0 Å². The largest absolute Gasteiger partial charge is 0.504 e. The Morgan fingerprint density at radius 2 is 2.06 bits per heavy atom. The van der Waals surface area contributed by atoms with Crippen molar-refractivity contribution < 1.29 is 19.7 Å². The first kappa shape index (κ1) is 14.3. The summed E-state index contributed by atoms with van der Waals surface area (Å²) in [6.45, 7) is 4.99. The number of phenols is 1. The van der Waals surface area contributed by atoms with Gasteiger partial charge >= 0.3 is 0 Å². The van der Waals surface area contributed by atoms with Crippen LogP contribution in [0.2, 0.25) is 0 Å². The van der Waals surface area contributed by atoms with Crippen LogP contribution < -0.4 is 10.1 Å². The third kappa shape index (κ3) is 2.92. The van der Waals surface area contributed by atoms with Crippen LogP contribution in [0.4, 0.5) is 0 Å². The molecule has 0 spiro atoms. The number of aliphatic hydroxyl groups excluding tert-OH is 1. The molecule has 1 aromatic carbocycles. The molecule has 0 saturated heterocycles. The Bertz CT molecular complexity index is 441. The van der Waals surface area contributed by atoms with Crippen molar-refractivity contribution in [2.75, 3.05) is 7.11 Å². The van der Waals surface area contributed by atoms with Gasteiger partial charge in [0.1, 0.15) is 0 Å². The van der Waals surface area contributed by atoms with Crippen LogP contribution in [0, 0.1) is 0 Å². The van der Waals surface area contributed by atoms with E-state index in [0.717, 1.165) is 0 Å². The Kier molecular flexibility index (Phi) is 4.19. The number of rotatable bonds is 4. The lowest BCUT2D eigenvalue weighted by Gasteiger charge is -2.29. The first-order valence-electron chi connectivity index (χ1n) is 5.66. The van der Waals surface area contributed by atoms with Crippen LogP contribution in [0.5, 0.6) is 11.5 Å². The van der Waals surface area contributed by atoms with Crippen molar-refractivity contribution in [1.82, 2.24) is 5.32 Å². The van der Waals surface area contributed by atoms with Gasteiger partial charge in [0.15, 0.2) is 11.5 Å². The summed E-state index contributed by atoms with van der Waals surface area (Å²) in [6, 6.07) is 4.67. The van der Waals surface area contributed by atoms with E-state index < -0.39 is 17.6 Å². The third-order valence-electron chi connectivity index (χ3n) is 2.94. The number of aromatic hydroxyl groups is 1. The number of carbonyl (C=O) groups excluding carboxylic acids is 1. The maximum atomic E-state index is 12.0. The summed E-state index contributed by atoms with van der Waals surface area (Å²) in [4.78, 5) is 12.0. The van der Waals surface area contributed by atoms with Crippen LogP contribution in [0.1, 0.15) is 31.1 Å². The molecule has 1 unspecified atom stereocenters. The van der Waals surface area contributed by atoms with Gasteiger partial charge in [0.25, 0.3) is 5.91 Å². The van der Waals surface area contributed by atoms with Gasteiger partial charge in [-0.2, -0.15) is 0 Å². The summed E-state index contributed by atoms with van der Waals surface area (Å²) in [5.41, 5.74) is -0.671. The summed E-state index contributed by atoms with van der Waals surface area (Å²) in [6.07, 6.45) is -0.714. The van der Waals surface area contributed by atoms with E-state index in [1.54, 1.807) is 32.9 Å². The number of benzene rings is 1. The highest BCUT2D eigenvalue weighted by atomic mass is 16.5. The minimum Gasteiger partial charge on any atom is -0.504 e. The zero-order valence-corrected chi connectivity index (χ0v) is 11.0. The Hall–Kier alpha value is -1.75. The molecule has 0 heterocycles. The van der Waals surface area contributed by atoms with Gasteiger partial charge in [0.2, 0.25) is 0 Å². The molecule has 1 rings (SSSR count). The number of hydrogen-bond donors (Lipinski definition) is 3. The molecule has 3 N–H and O–H groups in total. The predicted molar refractivity (Wildman–Crippen MR) is 67.9 cm³/mol. The molecule has 0 saturated carbocycles. The first-order valence-corrected chi connectivity index (χ1v) is 5.66. The molecule has 0 aromatic heterocycles. The van der Waals surface area contributed by atoms with Crippen LogP contribution in [0.3, 0.4) is 0 Å². The highest BCUT2D eigenvalue weighted by Crippen LogP contribution is 2.29. The van der Waals surface area contributed by atoms with Crippen molar-refractivity contribution in [2.24, 2.45) is 0 Å². The van der Waals surface area contributed by atoms with Gasteiger partial charge in [-0.15, -0.1) is 0 Å². The molecule has 0 aliphatic heterocycles. The van der Waals surface area contributed by atoms with E-state index in [4.69, 9.17) is 4.74 Å². The second-order valence-electron chi connectivity index (χ2n) is 4.71. The van der Waals surface area contributed by atoms with Gasteiger partial charge in [-0.1, -0.05) is 6.07 Å². The number of para-hydroxylation sites is 1. The zero-order chi connectivity index (χ0) is 13.9. The van der Waals surface area contributed by atoms with Crippen molar-refractivity contribution in [3.63, 3.8) is 0 Å². The number of amides is 1. The Labute approximate surface area is 106 Å². The molecular formula is C13H19NO4. The highest BCUT2D eigenvalue weighted by Gasteiger charge is 2.27. The van der Waals surface area contributed by atoms with Gasteiger partial charge in [0, 0.05) is 0 Å². The van der Waals surface area contributed by atoms with Crippen LogP contribution in [-0.2, 0) is 0 Å². The molecule has 100 valence electrons. The van der Waals surface area contributed by atoms with Gasteiger partial charge < -0.3 is 20.3 Å². The number of aliphatic hydroxyl groups is 1. The molecule has 18 heavy (non-hydrogen) atoms. The molecule has 1 atom stereocenters. The van der Waals surface area contributed by atoms with Gasteiger partial charge in [-0.3, -0.25) is 4.79 Å². The fourth-order valence-corrected chi connectivity index (χ4v) is 1.33. The molecule has 1 amide bonds. The van der Waals surface area contributed by atoms with Crippen molar-refractivity contribution in [1.29, 1.82) is 0 Å². The fourth-order valence-electron chi connectivity index (χ4n) is 1.33. The molecule has 0 fully saturated rings. The monoisotopic (exact) mass is 253 g/mol. The smallest absolute Gasteiger partial charge is 0.255 e. The standard InChI is InChI=1S/C13H19NO4/c1-8(15)13(2,3)14-12(17)9-6-5-7-10(18-4)11(9)16/h5-8,15-16H,1-4H3,(H,14,17). The lowest BCUT2D eigenvalue weighted by molar-refractivity contribution is 0.0707. The first-order chi connectivity index (χ1) is 8.29. The summed E-state index contributed by atoms with van der Waals surface area (Å²) < 4.78 is 4.93. The van der Waals surface area contributed by atoms with E-state index in [2.05, 4.69) is 5.32 Å². The minimum atomic E-state index is -0.785. The summed E-state index contributed by atoms with van der Waals surface area (Å²) >= 11 is 0. The van der Waals surface area contributed by atoms with Crippen molar-refractivity contribution in [3.8, 4) is 11.5 Å². The second kappa shape index (κ2) is 5.27. The number of nitrogens with one attached hydrogen (secondary N) is 1. The number of hydrogen-bond acceptors (Lipinski definition) is 4. The molecular weight excluding hydrogens is 234 g/mol. The average Bonchev–Trinajstić information content (AvgIpc) is 2.28. The average molecular weight is 253 g/mol. The van der Waals surface area contributed by atoms with E-state index >= 15 is 0 Å². The maximum absolute atomic E-state index is 12.0. The van der Waals surface area contributed by atoms with E-state index in [0.29, 0.717) is 0 Å².